The Bertz CT molecular complexity index is 2840. The predicted molar refractivity (Wildman–Crippen MR) is 228 cm³/mol. The van der Waals surface area contributed by atoms with Gasteiger partial charge in [-0.3, -0.25) is 0 Å². The molecule has 0 aliphatic heterocycles. The lowest BCUT2D eigenvalue weighted by Gasteiger charge is -2.14. The smallest absolute Gasteiger partial charge is 0.0540 e. The van der Waals surface area contributed by atoms with Gasteiger partial charge in [-0.2, -0.15) is 0 Å². The van der Waals surface area contributed by atoms with E-state index in [4.69, 9.17) is 0 Å². The van der Waals surface area contributed by atoms with Crippen LogP contribution < -0.4 is 0 Å². The zero-order chi connectivity index (χ0) is 35.3. The fourth-order valence-electron chi connectivity index (χ4n) is 8.26. The molecule has 52 heavy (non-hydrogen) atoms. The summed E-state index contributed by atoms with van der Waals surface area (Å²) in [5.74, 6) is 0. The number of fused-ring (bicyclic) bond motifs is 10. The molecule has 7 aromatic carbocycles. The lowest BCUT2D eigenvalue weighted by molar-refractivity contribution is 1.19. The minimum Gasteiger partial charge on any atom is -0.310 e. The zero-order valence-electron chi connectivity index (χ0n) is 29.7. The molecule has 0 atom stereocenters. The van der Waals surface area contributed by atoms with Crippen molar-refractivity contribution in [1.29, 1.82) is 0 Å². The number of benzene rings is 7. The van der Waals surface area contributed by atoms with Crippen LogP contribution in [0.1, 0.15) is 30.5 Å². The van der Waals surface area contributed by atoms with Gasteiger partial charge in [0, 0.05) is 16.5 Å². The van der Waals surface area contributed by atoms with Gasteiger partial charge in [0.05, 0.1) is 11.0 Å². The van der Waals surface area contributed by atoms with Crippen molar-refractivity contribution in [2.45, 2.75) is 20.3 Å². The number of aromatic nitrogens is 1. The summed E-state index contributed by atoms with van der Waals surface area (Å²) in [4.78, 5) is 0. The summed E-state index contributed by atoms with van der Waals surface area (Å²) >= 11 is 0. The number of hydrogen-bond donors (Lipinski definition) is 0. The minimum absolute atomic E-state index is 0.938. The Morgan fingerprint density at radius 1 is 0.615 bits per heavy atom. The Balaban J connectivity index is 1.08. The molecule has 1 aromatic heterocycles. The molecule has 1 aliphatic rings. The average Bonchev–Trinajstić information content (AvgIpc) is 3.69. The van der Waals surface area contributed by atoms with Crippen molar-refractivity contribution < 1.29 is 0 Å². The molecule has 8 aromatic rings. The Labute approximate surface area is 305 Å². The summed E-state index contributed by atoms with van der Waals surface area (Å²) < 4.78 is 2.25. The van der Waals surface area contributed by atoms with E-state index >= 15 is 0 Å². The molecule has 0 radical (unpaired) electrons. The molecule has 248 valence electrons. The van der Waals surface area contributed by atoms with Crippen molar-refractivity contribution in [3.8, 4) is 11.1 Å². The molecule has 9 rings (SSSR count). The van der Waals surface area contributed by atoms with Crippen molar-refractivity contribution in [2.24, 2.45) is 0 Å². The number of para-hydroxylation sites is 2. The molecule has 0 saturated heterocycles. The molecule has 0 bridgehead atoms. The minimum atomic E-state index is 0.938. The molecule has 1 aliphatic carbocycles. The number of nitrogens with zero attached hydrogens (tertiary/aromatic N) is 1. The highest BCUT2D eigenvalue weighted by atomic mass is 15.0. The molecule has 0 N–H and O–H groups in total. The van der Waals surface area contributed by atoms with Crippen LogP contribution in [0.4, 0.5) is 0 Å². The van der Waals surface area contributed by atoms with Crippen LogP contribution in [0.25, 0.3) is 82.1 Å². The van der Waals surface area contributed by atoms with Gasteiger partial charge in [-0.1, -0.05) is 146 Å². The second kappa shape index (κ2) is 12.7. The molecule has 0 spiro atoms. The van der Waals surface area contributed by atoms with Crippen LogP contribution in [0.3, 0.4) is 0 Å². The van der Waals surface area contributed by atoms with Crippen LogP contribution in [0.5, 0.6) is 0 Å². The molecule has 0 saturated carbocycles. The van der Waals surface area contributed by atoms with E-state index in [-0.39, 0.29) is 0 Å². The van der Waals surface area contributed by atoms with Crippen molar-refractivity contribution in [3.05, 3.63) is 199 Å². The van der Waals surface area contributed by atoms with Crippen LogP contribution in [0.15, 0.2) is 183 Å². The molecule has 0 fully saturated rings. The third-order valence-electron chi connectivity index (χ3n) is 10.8. The van der Waals surface area contributed by atoms with E-state index in [9.17, 15) is 0 Å². The van der Waals surface area contributed by atoms with E-state index in [1.807, 2.05) is 12.2 Å². The average molecular weight is 666 g/mol. The Morgan fingerprint density at radius 2 is 1.19 bits per heavy atom. The van der Waals surface area contributed by atoms with Gasteiger partial charge in [0.2, 0.25) is 0 Å². The molecule has 1 heteroatoms. The fraction of sp³-hybridized carbons (Fsp3) is 0.0588. The molecular formula is C51H39N. The summed E-state index contributed by atoms with van der Waals surface area (Å²) in [6.45, 7) is 12.8. The second-order valence-corrected chi connectivity index (χ2v) is 14.0. The van der Waals surface area contributed by atoms with E-state index in [1.54, 1.807) is 0 Å². The molecule has 0 amide bonds. The van der Waals surface area contributed by atoms with Gasteiger partial charge < -0.3 is 4.57 Å². The zero-order valence-corrected chi connectivity index (χ0v) is 29.7. The van der Waals surface area contributed by atoms with E-state index in [0.29, 0.717) is 0 Å². The van der Waals surface area contributed by atoms with Gasteiger partial charge in [-0.25, -0.2) is 0 Å². The summed E-state index contributed by atoms with van der Waals surface area (Å²) in [5.41, 5.74) is 13.6. The van der Waals surface area contributed by atoms with Crippen LogP contribution in [0, 0.1) is 0 Å². The van der Waals surface area contributed by atoms with E-state index in [2.05, 4.69) is 183 Å². The first kappa shape index (κ1) is 31.5. The molecule has 1 nitrogen and oxygen atoms in total. The normalized spacial score (nSPS) is 13.5. The van der Waals surface area contributed by atoms with Crippen molar-refractivity contribution in [3.63, 3.8) is 0 Å². The highest BCUT2D eigenvalue weighted by Gasteiger charge is 2.18. The van der Waals surface area contributed by atoms with Crippen LogP contribution >= 0.6 is 0 Å². The Hall–Kier alpha value is -6.44. The van der Waals surface area contributed by atoms with Crippen LogP contribution in [0.2, 0.25) is 0 Å². The quantitative estimate of drug-likeness (QED) is 0.118. The van der Waals surface area contributed by atoms with Crippen LogP contribution in [-0.2, 0) is 6.42 Å². The second-order valence-electron chi connectivity index (χ2n) is 14.0. The van der Waals surface area contributed by atoms with Gasteiger partial charge in [-0.05, 0) is 128 Å². The first-order valence-electron chi connectivity index (χ1n) is 18.0. The van der Waals surface area contributed by atoms with Gasteiger partial charge in [0.15, 0.2) is 0 Å². The van der Waals surface area contributed by atoms with Crippen molar-refractivity contribution in [1.82, 2.24) is 4.57 Å². The number of hydrogen-bond acceptors (Lipinski definition) is 0. The summed E-state index contributed by atoms with van der Waals surface area (Å²) in [7, 11) is 0. The summed E-state index contributed by atoms with van der Waals surface area (Å²) in [5, 5.41) is 10.1. The lowest BCUT2D eigenvalue weighted by atomic mass is 9.90. The highest BCUT2D eigenvalue weighted by molar-refractivity contribution is 6.26. The van der Waals surface area contributed by atoms with Crippen molar-refractivity contribution >= 4 is 71.0 Å². The number of rotatable bonds is 7. The topological polar surface area (TPSA) is 4.93 Å². The highest BCUT2D eigenvalue weighted by Crippen LogP contribution is 2.40. The standard InChI is InChI=1S/C51H39N/c1-5-6-16-40-34(3)29-39-24-23-37(31-47(39)40)38-26-28-44-43-27-25-36(30-48(43)41-17-7-8-18-42(41)49(44)32-38)33(2)14-13-15-35(4)52-50-21-11-9-19-45(50)46-20-10-12-22-51(46)52/h5-28,30-32H,1,4,29H2,2-3H3/b15-13-,16-6-,33-14+. The van der Waals surface area contributed by atoms with Gasteiger partial charge in [0.25, 0.3) is 0 Å². The third kappa shape index (κ3) is 5.17. The maximum absolute atomic E-state index is 4.47. The van der Waals surface area contributed by atoms with Crippen molar-refractivity contribution in [2.75, 3.05) is 0 Å². The molecule has 1 heterocycles. The SMILES string of the molecule is C=C/C=C\C1=C(C)Cc2ccc(-c3ccc4c5ccc(/C(C)=C/C=C\C(=C)n6c7ccccc7c7ccccc76)cc5c5ccccc5c4c3)cc21. The molecular weight excluding hydrogens is 627 g/mol. The van der Waals surface area contributed by atoms with Gasteiger partial charge >= 0.3 is 0 Å². The summed E-state index contributed by atoms with van der Waals surface area (Å²) in [6.07, 6.45) is 13.5. The predicted octanol–water partition coefficient (Wildman–Crippen LogP) is 14.1. The first-order chi connectivity index (χ1) is 25.5. The lowest BCUT2D eigenvalue weighted by Crippen LogP contribution is -1.92. The fourth-order valence-corrected chi connectivity index (χ4v) is 8.26. The molecule has 0 unspecified atom stereocenters. The number of allylic oxidation sites excluding steroid dienone is 10. The largest absolute Gasteiger partial charge is 0.310 e. The van der Waals surface area contributed by atoms with Crippen LogP contribution in [-0.4, -0.2) is 4.57 Å². The van der Waals surface area contributed by atoms with Gasteiger partial charge in [0.1, 0.15) is 0 Å². The monoisotopic (exact) mass is 665 g/mol. The Kier molecular flexibility index (Phi) is 7.71. The first-order valence-corrected chi connectivity index (χ1v) is 18.0. The summed E-state index contributed by atoms with van der Waals surface area (Å²) in [6, 6.07) is 46.8. The van der Waals surface area contributed by atoms with E-state index < -0.39 is 0 Å². The third-order valence-corrected chi connectivity index (χ3v) is 10.8. The Morgan fingerprint density at radius 3 is 1.88 bits per heavy atom. The maximum atomic E-state index is 4.47. The van der Waals surface area contributed by atoms with E-state index in [1.165, 1.54) is 98.7 Å². The van der Waals surface area contributed by atoms with Gasteiger partial charge in [-0.15, -0.1) is 0 Å². The maximum Gasteiger partial charge on any atom is 0.0540 e. The van der Waals surface area contributed by atoms with E-state index in [0.717, 1.165) is 12.1 Å².